The van der Waals surface area contributed by atoms with Gasteiger partial charge in [-0.05, 0) is 55.8 Å². The van der Waals surface area contributed by atoms with E-state index in [0.29, 0.717) is 6.54 Å². The summed E-state index contributed by atoms with van der Waals surface area (Å²) in [6, 6.07) is 9.08. The third-order valence-corrected chi connectivity index (χ3v) is 3.86. The Morgan fingerprint density at radius 3 is 2.40 bits per heavy atom. The summed E-state index contributed by atoms with van der Waals surface area (Å²) in [6.07, 6.45) is 0. The third kappa shape index (κ3) is 5.09. The van der Waals surface area contributed by atoms with Gasteiger partial charge >= 0.3 is 0 Å². The highest BCUT2D eigenvalue weighted by Crippen LogP contribution is 2.27. The lowest BCUT2D eigenvalue weighted by Gasteiger charge is -2.16. The van der Waals surface area contributed by atoms with Crippen LogP contribution in [0, 0.1) is 29.8 Å². The number of nitro groups is 1. The van der Waals surface area contributed by atoms with E-state index in [9.17, 15) is 19.3 Å². The standard InChI is InChI=1S/C18H20FN3O3/c1-12-8-16(17(22(24)25)9-13(12)2)20-18(23)11-21(3)10-14-4-6-15(19)7-5-14/h4-9H,10-11H2,1-3H3,(H,20,23). The molecule has 0 aliphatic carbocycles. The Balaban J connectivity index is 2.03. The summed E-state index contributed by atoms with van der Waals surface area (Å²) in [7, 11) is 1.75. The second kappa shape index (κ2) is 7.85. The molecule has 0 spiro atoms. The van der Waals surface area contributed by atoms with Crippen LogP contribution in [0.15, 0.2) is 36.4 Å². The minimum atomic E-state index is -0.510. The number of anilines is 1. The van der Waals surface area contributed by atoms with Crippen molar-refractivity contribution in [2.75, 3.05) is 18.9 Å². The highest BCUT2D eigenvalue weighted by molar-refractivity contribution is 5.94. The number of hydrogen-bond acceptors (Lipinski definition) is 4. The van der Waals surface area contributed by atoms with Crippen LogP contribution in [-0.4, -0.2) is 29.3 Å². The highest BCUT2D eigenvalue weighted by atomic mass is 19.1. The molecule has 0 aliphatic rings. The molecule has 25 heavy (non-hydrogen) atoms. The summed E-state index contributed by atoms with van der Waals surface area (Å²) >= 11 is 0. The summed E-state index contributed by atoms with van der Waals surface area (Å²) in [5.74, 6) is -0.665. The van der Waals surface area contributed by atoms with Gasteiger partial charge < -0.3 is 5.32 Å². The lowest BCUT2D eigenvalue weighted by molar-refractivity contribution is -0.384. The molecule has 0 aliphatic heterocycles. The maximum absolute atomic E-state index is 12.9. The molecule has 1 amide bonds. The van der Waals surface area contributed by atoms with Gasteiger partial charge in [0.1, 0.15) is 11.5 Å². The van der Waals surface area contributed by atoms with E-state index < -0.39 is 4.92 Å². The molecule has 0 saturated carbocycles. The first-order valence-corrected chi connectivity index (χ1v) is 7.74. The second-order valence-electron chi connectivity index (χ2n) is 6.06. The smallest absolute Gasteiger partial charge is 0.293 e. The number of carbonyl (C=O) groups is 1. The van der Waals surface area contributed by atoms with Crippen molar-refractivity contribution < 1.29 is 14.1 Å². The van der Waals surface area contributed by atoms with Crippen molar-refractivity contribution in [3.8, 4) is 0 Å². The molecular formula is C18H20FN3O3. The minimum absolute atomic E-state index is 0.0570. The Kier molecular flexibility index (Phi) is 5.82. The Morgan fingerprint density at radius 1 is 1.20 bits per heavy atom. The van der Waals surface area contributed by atoms with Crippen LogP contribution in [-0.2, 0) is 11.3 Å². The average Bonchev–Trinajstić information content (AvgIpc) is 2.52. The van der Waals surface area contributed by atoms with E-state index in [0.717, 1.165) is 16.7 Å². The number of halogens is 1. The van der Waals surface area contributed by atoms with Gasteiger partial charge in [0, 0.05) is 12.6 Å². The zero-order chi connectivity index (χ0) is 18.6. The van der Waals surface area contributed by atoms with E-state index in [1.54, 1.807) is 37.1 Å². The molecule has 0 aromatic heterocycles. The Hall–Kier alpha value is -2.80. The second-order valence-corrected chi connectivity index (χ2v) is 6.06. The van der Waals surface area contributed by atoms with Gasteiger partial charge in [0.25, 0.3) is 5.69 Å². The van der Waals surface area contributed by atoms with Gasteiger partial charge in [-0.1, -0.05) is 12.1 Å². The van der Waals surface area contributed by atoms with Gasteiger partial charge in [0.15, 0.2) is 0 Å². The van der Waals surface area contributed by atoms with Gasteiger partial charge in [-0.2, -0.15) is 0 Å². The van der Waals surface area contributed by atoms with Crippen molar-refractivity contribution in [2.24, 2.45) is 0 Å². The quantitative estimate of drug-likeness (QED) is 0.643. The van der Waals surface area contributed by atoms with Gasteiger partial charge in [0.2, 0.25) is 5.91 Å². The molecule has 0 saturated heterocycles. The number of aryl methyl sites for hydroxylation is 2. The molecule has 0 bridgehead atoms. The minimum Gasteiger partial charge on any atom is -0.319 e. The fourth-order valence-corrected chi connectivity index (χ4v) is 2.44. The SMILES string of the molecule is Cc1cc(NC(=O)CN(C)Cc2ccc(F)cc2)c([N+](=O)[O-])cc1C. The molecule has 2 rings (SSSR count). The Morgan fingerprint density at radius 2 is 1.80 bits per heavy atom. The van der Waals surface area contributed by atoms with E-state index >= 15 is 0 Å². The number of amides is 1. The van der Waals surface area contributed by atoms with Crippen LogP contribution in [0.25, 0.3) is 0 Å². The summed E-state index contributed by atoms with van der Waals surface area (Å²) in [5, 5.41) is 13.8. The number of hydrogen-bond donors (Lipinski definition) is 1. The van der Waals surface area contributed by atoms with Crippen LogP contribution in [0.2, 0.25) is 0 Å². The van der Waals surface area contributed by atoms with E-state index in [2.05, 4.69) is 5.32 Å². The van der Waals surface area contributed by atoms with Gasteiger partial charge in [-0.15, -0.1) is 0 Å². The normalized spacial score (nSPS) is 10.8. The van der Waals surface area contributed by atoms with Crippen molar-refractivity contribution in [1.29, 1.82) is 0 Å². The summed E-state index contributed by atoms with van der Waals surface area (Å²) in [6.45, 7) is 4.13. The van der Waals surface area contributed by atoms with Crippen LogP contribution < -0.4 is 5.32 Å². The molecule has 132 valence electrons. The summed E-state index contributed by atoms with van der Waals surface area (Å²) in [4.78, 5) is 24.6. The zero-order valence-corrected chi connectivity index (χ0v) is 14.4. The molecule has 1 N–H and O–H groups in total. The fraction of sp³-hybridized carbons (Fsp3) is 0.278. The molecular weight excluding hydrogens is 325 g/mol. The number of likely N-dealkylation sites (N-methyl/N-ethyl adjacent to an activating group) is 1. The number of carbonyl (C=O) groups excluding carboxylic acids is 1. The lowest BCUT2D eigenvalue weighted by atomic mass is 10.1. The van der Waals surface area contributed by atoms with E-state index in [4.69, 9.17) is 0 Å². The molecule has 0 fully saturated rings. The summed E-state index contributed by atoms with van der Waals surface area (Å²) in [5.41, 5.74) is 2.58. The predicted molar refractivity (Wildman–Crippen MR) is 93.9 cm³/mol. The van der Waals surface area contributed by atoms with Crippen molar-refractivity contribution in [1.82, 2.24) is 4.90 Å². The van der Waals surface area contributed by atoms with E-state index in [-0.39, 0.29) is 29.6 Å². The van der Waals surface area contributed by atoms with Crippen LogP contribution in [0.3, 0.4) is 0 Å². The maximum atomic E-state index is 12.9. The average molecular weight is 345 g/mol. The topological polar surface area (TPSA) is 75.5 Å². The zero-order valence-electron chi connectivity index (χ0n) is 14.4. The van der Waals surface area contributed by atoms with Crippen LogP contribution in [0.1, 0.15) is 16.7 Å². The number of nitrogens with zero attached hydrogens (tertiary/aromatic N) is 2. The number of benzene rings is 2. The number of nitro benzene ring substituents is 1. The monoisotopic (exact) mass is 345 g/mol. The molecule has 0 unspecified atom stereocenters. The van der Waals surface area contributed by atoms with Crippen molar-refractivity contribution in [2.45, 2.75) is 20.4 Å². The molecule has 0 radical (unpaired) electrons. The molecule has 0 atom stereocenters. The first-order valence-electron chi connectivity index (χ1n) is 7.74. The van der Waals surface area contributed by atoms with Crippen molar-refractivity contribution >= 4 is 17.3 Å². The first-order chi connectivity index (χ1) is 11.8. The first kappa shape index (κ1) is 18.5. The summed E-state index contributed by atoms with van der Waals surface area (Å²) < 4.78 is 12.9. The highest BCUT2D eigenvalue weighted by Gasteiger charge is 2.18. The number of nitrogens with one attached hydrogen (secondary N) is 1. The van der Waals surface area contributed by atoms with Crippen LogP contribution >= 0.6 is 0 Å². The van der Waals surface area contributed by atoms with E-state index in [1.165, 1.54) is 18.2 Å². The van der Waals surface area contributed by atoms with Gasteiger partial charge in [0.05, 0.1) is 11.5 Å². The van der Waals surface area contributed by atoms with Crippen molar-refractivity contribution in [3.05, 3.63) is 69.0 Å². The molecule has 6 nitrogen and oxygen atoms in total. The molecule has 7 heteroatoms. The Labute approximate surface area is 145 Å². The maximum Gasteiger partial charge on any atom is 0.293 e. The third-order valence-electron chi connectivity index (χ3n) is 3.86. The van der Waals surface area contributed by atoms with Gasteiger partial charge in [-0.3, -0.25) is 19.8 Å². The molecule has 2 aromatic carbocycles. The Bertz CT molecular complexity index is 791. The van der Waals surface area contributed by atoms with Crippen molar-refractivity contribution in [3.63, 3.8) is 0 Å². The molecule has 2 aromatic rings. The number of rotatable bonds is 6. The lowest BCUT2D eigenvalue weighted by Crippen LogP contribution is -2.30. The predicted octanol–water partition coefficient (Wildman–Crippen LogP) is 3.42. The molecule has 0 heterocycles. The van der Waals surface area contributed by atoms with Crippen LogP contribution in [0.4, 0.5) is 15.8 Å². The largest absolute Gasteiger partial charge is 0.319 e. The van der Waals surface area contributed by atoms with E-state index in [1.807, 2.05) is 6.92 Å². The fourth-order valence-electron chi connectivity index (χ4n) is 2.44. The van der Waals surface area contributed by atoms with Gasteiger partial charge in [-0.25, -0.2) is 4.39 Å². The van der Waals surface area contributed by atoms with Crippen LogP contribution in [0.5, 0.6) is 0 Å².